The van der Waals surface area contributed by atoms with E-state index in [4.69, 9.17) is 0 Å². The lowest BCUT2D eigenvalue weighted by molar-refractivity contribution is -0.115. The van der Waals surface area contributed by atoms with Gasteiger partial charge in [0.05, 0.1) is 23.0 Å². The van der Waals surface area contributed by atoms with Gasteiger partial charge in [0.15, 0.2) is 0 Å². The number of aromatic amines is 2. The van der Waals surface area contributed by atoms with Gasteiger partial charge in [-0.1, -0.05) is 24.3 Å². The quantitative estimate of drug-likeness (QED) is 0.542. The molecule has 0 unspecified atom stereocenters. The summed E-state index contributed by atoms with van der Waals surface area (Å²) in [6, 6.07) is 14.9. The van der Waals surface area contributed by atoms with Crippen LogP contribution in [0, 0.1) is 0 Å². The number of imidazole rings is 1. The molecule has 0 radical (unpaired) electrons. The van der Waals surface area contributed by atoms with Gasteiger partial charge in [0, 0.05) is 17.3 Å². The Kier molecular flexibility index (Phi) is 3.35. The molecular weight excluding hydrogens is 304 g/mol. The van der Waals surface area contributed by atoms with Gasteiger partial charge < -0.3 is 15.3 Å². The Morgan fingerprint density at radius 2 is 1.88 bits per heavy atom. The fraction of sp³-hybridized carbons (Fsp3) is 0.0556. The maximum absolute atomic E-state index is 12.3. The molecule has 24 heavy (non-hydrogen) atoms. The number of nitrogens with zero attached hydrogens (tertiary/aromatic N) is 1. The topological polar surface area (TPSA) is 90.6 Å². The summed E-state index contributed by atoms with van der Waals surface area (Å²) in [7, 11) is 0. The second kappa shape index (κ2) is 5.66. The number of hydrogen-bond acceptors (Lipinski definition) is 3. The van der Waals surface area contributed by atoms with Crippen molar-refractivity contribution < 1.29 is 4.79 Å². The molecule has 0 aliphatic heterocycles. The normalized spacial score (nSPS) is 11.0. The minimum atomic E-state index is -0.268. The highest BCUT2D eigenvalue weighted by Gasteiger charge is 2.09. The summed E-state index contributed by atoms with van der Waals surface area (Å²) < 4.78 is 0. The zero-order valence-electron chi connectivity index (χ0n) is 12.7. The smallest absolute Gasteiger partial charge is 0.323 e. The van der Waals surface area contributed by atoms with E-state index in [9.17, 15) is 9.59 Å². The predicted octanol–water partition coefficient (Wildman–Crippen LogP) is 2.59. The predicted molar refractivity (Wildman–Crippen MR) is 93.0 cm³/mol. The van der Waals surface area contributed by atoms with Crippen LogP contribution in [0.25, 0.3) is 21.9 Å². The Bertz CT molecular complexity index is 1110. The molecule has 6 nitrogen and oxygen atoms in total. The fourth-order valence-corrected chi connectivity index (χ4v) is 2.80. The molecule has 0 bridgehead atoms. The van der Waals surface area contributed by atoms with Crippen molar-refractivity contribution in [1.82, 2.24) is 15.0 Å². The van der Waals surface area contributed by atoms with E-state index < -0.39 is 0 Å². The third kappa shape index (κ3) is 2.65. The van der Waals surface area contributed by atoms with Crippen LogP contribution in [0.4, 0.5) is 5.69 Å². The average molecular weight is 318 g/mol. The number of fused-ring (bicyclic) bond motifs is 2. The fourth-order valence-electron chi connectivity index (χ4n) is 2.80. The number of aromatic nitrogens is 3. The molecule has 0 saturated heterocycles. The molecule has 0 atom stereocenters. The first-order valence-corrected chi connectivity index (χ1v) is 7.53. The summed E-state index contributed by atoms with van der Waals surface area (Å²) in [5.74, 6) is -0.134. The van der Waals surface area contributed by atoms with Gasteiger partial charge in [0.1, 0.15) is 0 Å². The summed E-state index contributed by atoms with van der Waals surface area (Å²) in [6.07, 6.45) is 1.95. The van der Waals surface area contributed by atoms with E-state index >= 15 is 0 Å². The number of carbonyl (C=O) groups excluding carboxylic acids is 1. The number of rotatable bonds is 3. The minimum Gasteiger partial charge on any atom is -0.326 e. The first-order valence-electron chi connectivity index (χ1n) is 7.53. The number of hydrogen-bond donors (Lipinski definition) is 3. The van der Waals surface area contributed by atoms with Crippen LogP contribution >= 0.6 is 0 Å². The number of carbonyl (C=O) groups is 1. The highest BCUT2D eigenvalue weighted by Crippen LogP contribution is 2.18. The summed E-state index contributed by atoms with van der Waals surface area (Å²) in [6.45, 7) is 0. The summed E-state index contributed by atoms with van der Waals surface area (Å²) in [5.41, 5.74) is 3.44. The van der Waals surface area contributed by atoms with E-state index in [0.29, 0.717) is 16.7 Å². The molecule has 2 aromatic carbocycles. The van der Waals surface area contributed by atoms with Crippen molar-refractivity contribution in [3.63, 3.8) is 0 Å². The molecule has 3 N–H and O–H groups in total. The lowest BCUT2D eigenvalue weighted by Gasteiger charge is -2.07. The van der Waals surface area contributed by atoms with Crippen LogP contribution < -0.4 is 11.0 Å². The highest BCUT2D eigenvalue weighted by molar-refractivity contribution is 5.96. The summed E-state index contributed by atoms with van der Waals surface area (Å²) in [4.78, 5) is 33.3. The number of benzene rings is 2. The molecule has 0 fully saturated rings. The minimum absolute atomic E-state index is 0.134. The number of anilines is 1. The van der Waals surface area contributed by atoms with E-state index in [-0.39, 0.29) is 18.0 Å². The van der Waals surface area contributed by atoms with E-state index in [1.54, 1.807) is 24.4 Å². The van der Waals surface area contributed by atoms with Crippen LogP contribution in [-0.2, 0) is 11.2 Å². The van der Waals surface area contributed by atoms with Crippen LogP contribution in [0.2, 0.25) is 0 Å². The van der Waals surface area contributed by atoms with Crippen LogP contribution in [0.3, 0.4) is 0 Å². The summed E-state index contributed by atoms with van der Waals surface area (Å²) >= 11 is 0. The van der Waals surface area contributed by atoms with Gasteiger partial charge in [0.25, 0.3) is 0 Å². The molecule has 4 rings (SSSR count). The molecule has 0 aliphatic carbocycles. The highest BCUT2D eigenvalue weighted by atomic mass is 16.1. The molecular formula is C18H14N4O2. The lowest BCUT2D eigenvalue weighted by atomic mass is 10.1. The van der Waals surface area contributed by atoms with Crippen LogP contribution in [0.5, 0.6) is 0 Å². The van der Waals surface area contributed by atoms with Gasteiger partial charge in [-0.15, -0.1) is 0 Å². The van der Waals surface area contributed by atoms with E-state index in [1.165, 1.54) is 0 Å². The molecule has 2 aromatic heterocycles. The van der Waals surface area contributed by atoms with E-state index in [1.807, 2.05) is 30.3 Å². The Morgan fingerprint density at radius 1 is 1.04 bits per heavy atom. The van der Waals surface area contributed by atoms with Crippen LogP contribution in [0.15, 0.2) is 59.5 Å². The van der Waals surface area contributed by atoms with Crippen LogP contribution in [0.1, 0.15) is 5.56 Å². The largest absolute Gasteiger partial charge is 0.326 e. The van der Waals surface area contributed by atoms with Crippen molar-refractivity contribution in [3.8, 4) is 0 Å². The first kappa shape index (κ1) is 14.2. The molecule has 0 spiro atoms. The number of nitrogens with one attached hydrogen (secondary N) is 3. The second-order valence-electron chi connectivity index (χ2n) is 5.56. The standard InChI is InChI=1S/C18H14N4O2/c23-16(9-12-4-1-3-11-5-2-8-19-17(11)12)20-13-6-7-14-15(10-13)22-18(24)21-14/h1-8,10H,9H2,(H,20,23)(H2,21,22,24). The lowest BCUT2D eigenvalue weighted by Crippen LogP contribution is -2.14. The Morgan fingerprint density at radius 3 is 2.79 bits per heavy atom. The molecule has 0 aliphatic rings. The van der Waals surface area contributed by atoms with Crippen molar-refractivity contribution in [1.29, 1.82) is 0 Å². The monoisotopic (exact) mass is 318 g/mol. The van der Waals surface area contributed by atoms with Crippen molar-refractivity contribution in [2.45, 2.75) is 6.42 Å². The number of amides is 1. The van der Waals surface area contributed by atoms with Gasteiger partial charge in [0.2, 0.25) is 5.91 Å². The Balaban J connectivity index is 1.58. The molecule has 6 heteroatoms. The van der Waals surface area contributed by atoms with Crippen molar-refractivity contribution in [2.75, 3.05) is 5.32 Å². The van der Waals surface area contributed by atoms with Gasteiger partial charge >= 0.3 is 5.69 Å². The molecule has 1 amide bonds. The third-order valence-corrected chi connectivity index (χ3v) is 3.87. The molecule has 118 valence electrons. The number of H-pyrrole nitrogens is 2. The van der Waals surface area contributed by atoms with Gasteiger partial charge in [-0.25, -0.2) is 4.79 Å². The molecule has 4 aromatic rings. The van der Waals surface area contributed by atoms with E-state index in [0.717, 1.165) is 16.5 Å². The zero-order valence-corrected chi connectivity index (χ0v) is 12.7. The van der Waals surface area contributed by atoms with Gasteiger partial charge in [-0.3, -0.25) is 9.78 Å². The Hall–Kier alpha value is -3.41. The van der Waals surface area contributed by atoms with Gasteiger partial charge in [-0.05, 0) is 29.8 Å². The maximum Gasteiger partial charge on any atom is 0.323 e. The summed E-state index contributed by atoms with van der Waals surface area (Å²) in [5, 5.41) is 3.86. The number of pyridine rings is 1. The second-order valence-corrected chi connectivity index (χ2v) is 5.56. The van der Waals surface area contributed by atoms with Crippen molar-refractivity contribution in [3.05, 3.63) is 70.8 Å². The third-order valence-electron chi connectivity index (χ3n) is 3.87. The van der Waals surface area contributed by atoms with Gasteiger partial charge in [-0.2, -0.15) is 0 Å². The van der Waals surface area contributed by atoms with Crippen LogP contribution in [-0.4, -0.2) is 20.9 Å². The maximum atomic E-state index is 12.3. The van der Waals surface area contributed by atoms with E-state index in [2.05, 4.69) is 20.3 Å². The zero-order chi connectivity index (χ0) is 16.5. The Labute approximate surface area is 136 Å². The number of para-hydroxylation sites is 1. The molecule has 0 saturated carbocycles. The SMILES string of the molecule is O=C(Cc1cccc2cccnc12)Nc1ccc2[nH]c(=O)[nH]c2c1. The molecule has 2 heterocycles. The van der Waals surface area contributed by atoms with Crippen molar-refractivity contribution >= 4 is 33.5 Å². The van der Waals surface area contributed by atoms with Crippen molar-refractivity contribution in [2.24, 2.45) is 0 Å². The first-order chi connectivity index (χ1) is 11.7. The average Bonchev–Trinajstić information content (AvgIpc) is 2.94.